The van der Waals surface area contributed by atoms with Gasteiger partial charge in [0.1, 0.15) is 0 Å². The molecule has 0 aromatic rings. The summed E-state index contributed by atoms with van der Waals surface area (Å²) in [5, 5.41) is 0. The summed E-state index contributed by atoms with van der Waals surface area (Å²) in [6, 6.07) is 0. The van der Waals surface area contributed by atoms with Crippen LogP contribution in [0, 0.1) is 5.41 Å². The molecule has 74 valence electrons. The minimum Gasteiger partial charge on any atom is -0.379 e. The van der Waals surface area contributed by atoms with Crippen molar-refractivity contribution in [3.8, 4) is 0 Å². The molecule has 0 spiro atoms. The van der Waals surface area contributed by atoms with Crippen LogP contribution in [0.2, 0.25) is 0 Å². The van der Waals surface area contributed by atoms with Gasteiger partial charge in [0.05, 0.1) is 6.10 Å². The van der Waals surface area contributed by atoms with Crippen LogP contribution in [0.3, 0.4) is 0 Å². The monoisotopic (exact) mass is 172 g/mol. The largest absolute Gasteiger partial charge is 0.379 e. The van der Waals surface area contributed by atoms with Crippen molar-refractivity contribution in [1.82, 2.24) is 0 Å². The molecule has 1 fully saturated rings. The van der Waals surface area contributed by atoms with Crippen molar-refractivity contribution in [3.05, 3.63) is 0 Å². The number of hydrogen-bond donors (Lipinski definition) is 0. The van der Waals surface area contributed by atoms with Crippen molar-refractivity contribution in [2.75, 3.05) is 6.61 Å². The standard InChI is InChI=1S/C6H12O.C5H12/c1-6-4-2-3-5-7-6;1-5(2,3)4/h6H,2-5H2,1H3;1-4H3. The molecule has 1 aliphatic rings. The molecule has 0 saturated carbocycles. The van der Waals surface area contributed by atoms with Crippen LogP contribution < -0.4 is 0 Å². The fourth-order valence-corrected chi connectivity index (χ4v) is 0.902. The highest BCUT2D eigenvalue weighted by Crippen LogP contribution is 2.10. The van der Waals surface area contributed by atoms with Gasteiger partial charge >= 0.3 is 0 Å². The number of rotatable bonds is 0. The van der Waals surface area contributed by atoms with Crippen LogP contribution >= 0.6 is 0 Å². The molecule has 1 aliphatic heterocycles. The Morgan fingerprint density at radius 2 is 1.58 bits per heavy atom. The molecule has 0 radical (unpaired) electrons. The van der Waals surface area contributed by atoms with Crippen molar-refractivity contribution in [2.45, 2.75) is 60.0 Å². The van der Waals surface area contributed by atoms with E-state index in [0.717, 1.165) is 6.61 Å². The first-order valence-corrected chi connectivity index (χ1v) is 5.01. The molecule has 0 bridgehead atoms. The van der Waals surface area contributed by atoms with E-state index in [0.29, 0.717) is 11.5 Å². The minimum absolute atomic E-state index is 0.500. The van der Waals surface area contributed by atoms with Crippen molar-refractivity contribution in [2.24, 2.45) is 5.41 Å². The topological polar surface area (TPSA) is 9.23 Å². The summed E-state index contributed by atoms with van der Waals surface area (Å²) in [5.41, 5.74) is 0.500. The van der Waals surface area contributed by atoms with Gasteiger partial charge in [-0.05, 0) is 31.6 Å². The molecular weight excluding hydrogens is 148 g/mol. The molecule has 1 rings (SSSR count). The van der Waals surface area contributed by atoms with Crippen LogP contribution in [0.5, 0.6) is 0 Å². The van der Waals surface area contributed by atoms with E-state index in [2.05, 4.69) is 34.6 Å². The average Bonchev–Trinajstić information content (AvgIpc) is 1.85. The number of ether oxygens (including phenoxy) is 1. The van der Waals surface area contributed by atoms with Gasteiger partial charge in [-0.15, -0.1) is 0 Å². The second-order valence-corrected chi connectivity index (χ2v) is 5.18. The molecule has 12 heavy (non-hydrogen) atoms. The zero-order valence-corrected chi connectivity index (χ0v) is 9.31. The third-order valence-electron chi connectivity index (χ3n) is 1.41. The van der Waals surface area contributed by atoms with Crippen LogP contribution in [0.4, 0.5) is 0 Å². The van der Waals surface area contributed by atoms with Gasteiger partial charge in [0.15, 0.2) is 0 Å². The smallest absolute Gasteiger partial charge is 0.0547 e. The Labute approximate surface area is 77.5 Å². The fraction of sp³-hybridized carbons (Fsp3) is 1.00. The van der Waals surface area contributed by atoms with E-state index in [9.17, 15) is 0 Å². The highest BCUT2D eigenvalue weighted by atomic mass is 16.5. The van der Waals surface area contributed by atoms with E-state index in [-0.39, 0.29) is 0 Å². The van der Waals surface area contributed by atoms with Crippen molar-refractivity contribution in [3.63, 3.8) is 0 Å². The molecule has 1 heterocycles. The third-order valence-corrected chi connectivity index (χ3v) is 1.41. The molecule has 1 nitrogen and oxygen atoms in total. The summed E-state index contributed by atoms with van der Waals surface area (Å²) in [7, 11) is 0. The van der Waals surface area contributed by atoms with Gasteiger partial charge in [0.25, 0.3) is 0 Å². The fourth-order valence-electron chi connectivity index (χ4n) is 0.902. The Morgan fingerprint density at radius 1 is 1.08 bits per heavy atom. The SMILES string of the molecule is CC(C)(C)C.CC1CCCCO1. The second-order valence-electron chi connectivity index (χ2n) is 5.18. The lowest BCUT2D eigenvalue weighted by Gasteiger charge is -2.17. The van der Waals surface area contributed by atoms with Crippen LogP contribution in [0.15, 0.2) is 0 Å². The zero-order chi connectivity index (χ0) is 9.61. The Kier molecular flexibility index (Phi) is 5.56. The Morgan fingerprint density at radius 3 is 1.75 bits per heavy atom. The Bertz CT molecular complexity index is 90.1. The molecule has 1 unspecified atom stereocenters. The molecular formula is C11H24O. The average molecular weight is 172 g/mol. The highest BCUT2D eigenvalue weighted by molar-refractivity contribution is 4.55. The van der Waals surface area contributed by atoms with Crippen molar-refractivity contribution in [1.29, 1.82) is 0 Å². The summed E-state index contributed by atoms with van der Waals surface area (Å²) < 4.78 is 5.28. The van der Waals surface area contributed by atoms with Crippen molar-refractivity contribution >= 4 is 0 Å². The lowest BCUT2D eigenvalue weighted by atomic mass is 10.0. The molecule has 0 aromatic heterocycles. The summed E-state index contributed by atoms with van der Waals surface area (Å²) >= 11 is 0. The predicted molar refractivity (Wildman–Crippen MR) is 54.4 cm³/mol. The van der Waals surface area contributed by atoms with E-state index >= 15 is 0 Å². The van der Waals surface area contributed by atoms with Gasteiger partial charge < -0.3 is 4.74 Å². The lowest BCUT2D eigenvalue weighted by Crippen LogP contribution is -2.14. The quantitative estimate of drug-likeness (QED) is 0.542. The molecule has 0 aliphatic carbocycles. The van der Waals surface area contributed by atoms with E-state index in [1.54, 1.807) is 0 Å². The van der Waals surface area contributed by atoms with Gasteiger partial charge in [-0.1, -0.05) is 27.7 Å². The van der Waals surface area contributed by atoms with Crippen LogP contribution in [-0.4, -0.2) is 12.7 Å². The van der Waals surface area contributed by atoms with Gasteiger partial charge in [0, 0.05) is 6.61 Å². The summed E-state index contributed by atoms with van der Waals surface area (Å²) in [6.07, 6.45) is 4.43. The molecule has 1 atom stereocenters. The highest BCUT2D eigenvalue weighted by Gasteiger charge is 2.05. The molecule has 1 saturated heterocycles. The minimum atomic E-state index is 0.500. The number of hydrogen-bond acceptors (Lipinski definition) is 1. The van der Waals surface area contributed by atoms with Crippen LogP contribution in [0.25, 0.3) is 0 Å². The first kappa shape index (κ1) is 12.0. The van der Waals surface area contributed by atoms with E-state index in [1.165, 1.54) is 19.3 Å². The van der Waals surface area contributed by atoms with E-state index in [1.807, 2.05) is 0 Å². The van der Waals surface area contributed by atoms with Gasteiger partial charge in [-0.25, -0.2) is 0 Å². The van der Waals surface area contributed by atoms with Gasteiger partial charge in [-0.3, -0.25) is 0 Å². The Hall–Kier alpha value is -0.0400. The predicted octanol–water partition coefficient (Wildman–Crippen LogP) is 3.63. The summed E-state index contributed by atoms with van der Waals surface area (Å²) in [4.78, 5) is 0. The summed E-state index contributed by atoms with van der Waals surface area (Å²) in [6.45, 7) is 11.9. The van der Waals surface area contributed by atoms with E-state index in [4.69, 9.17) is 4.74 Å². The maximum atomic E-state index is 5.28. The normalized spacial score (nSPS) is 24.2. The lowest BCUT2D eigenvalue weighted by molar-refractivity contribution is 0.0285. The first-order chi connectivity index (χ1) is 5.39. The van der Waals surface area contributed by atoms with Gasteiger partial charge in [-0.2, -0.15) is 0 Å². The zero-order valence-electron chi connectivity index (χ0n) is 9.31. The van der Waals surface area contributed by atoms with Gasteiger partial charge in [0.2, 0.25) is 0 Å². The first-order valence-electron chi connectivity index (χ1n) is 5.01. The molecule has 0 aromatic carbocycles. The second kappa shape index (κ2) is 5.58. The molecule has 0 N–H and O–H groups in total. The Balaban J connectivity index is 0.000000217. The van der Waals surface area contributed by atoms with Crippen LogP contribution in [0.1, 0.15) is 53.9 Å². The maximum absolute atomic E-state index is 5.28. The maximum Gasteiger partial charge on any atom is 0.0547 e. The third kappa shape index (κ3) is 12.6. The van der Waals surface area contributed by atoms with Crippen molar-refractivity contribution < 1.29 is 4.74 Å². The van der Waals surface area contributed by atoms with E-state index < -0.39 is 0 Å². The molecule has 1 heteroatoms. The molecule has 0 amide bonds. The van der Waals surface area contributed by atoms with Crippen LogP contribution in [-0.2, 0) is 4.74 Å². The summed E-state index contributed by atoms with van der Waals surface area (Å²) in [5.74, 6) is 0.